The molecule has 4 rings (SSSR count). The largest absolute Gasteiger partial charge is 0.504 e. The van der Waals surface area contributed by atoms with Crippen molar-refractivity contribution >= 4 is 29.8 Å². The van der Waals surface area contributed by atoms with Gasteiger partial charge in [-0.2, -0.15) is 0 Å². The number of carboxylic acid groups (broad SMARTS) is 1. The number of methoxy groups -OCH3 is 1. The first-order chi connectivity index (χ1) is 22.7. The highest BCUT2D eigenvalue weighted by Gasteiger charge is 2.64. The number of piperidine rings is 1. The summed E-state index contributed by atoms with van der Waals surface area (Å²) < 4.78 is 11.2. The number of rotatable bonds is 14. The maximum absolute atomic E-state index is 13.2. The molecule has 1 heterocycles. The third-order valence-electron chi connectivity index (χ3n) is 9.77. The predicted molar refractivity (Wildman–Crippen MR) is 174 cm³/mol. The van der Waals surface area contributed by atoms with E-state index in [4.69, 9.17) is 26.0 Å². The molecule has 48 heavy (non-hydrogen) atoms. The van der Waals surface area contributed by atoms with E-state index in [9.17, 15) is 29.4 Å². The van der Waals surface area contributed by atoms with Crippen molar-refractivity contribution in [1.82, 2.24) is 20.4 Å². The lowest BCUT2D eigenvalue weighted by Crippen LogP contribution is -2.71. The van der Waals surface area contributed by atoms with Gasteiger partial charge in [0.05, 0.1) is 18.6 Å². The highest BCUT2D eigenvalue weighted by Crippen LogP contribution is 2.60. The van der Waals surface area contributed by atoms with Crippen LogP contribution >= 0.6 is 0 Å². The summed E-state index contributed by atoms with van der Waals surface area (Å²) in [6, 6.07) is 3.46. The first-order valence-corrected chi connectivity index (χ1v) is 16.0. The van der Waals surface area contributed by atoms with Crippen molar-refractivity contribution in [2.24, 2.45) is 22.4 Å². The van der Waals surface area contributed by atoms with E-state index in [1.165, 1.54) is 19.1 Å². The number of nitrogens with one attached hydrogen (secondary N) is 2. The van der Waals surface area contributed by atoms with E-state index in [1.807, 2.05) is 13.1 Å². The molecule has 1 fully saturated rings. The Morgan fingerprint density at radius 1 is 1.23 bits per heavy atom. The second-order valence-corrected chi connectivity index (χ2v) is 12.8. The molecule has 3 aliphatic rings. The Bertz CT molecular complexity index is 1460. The van der Waals surface area contributed by atoms with Crippen molar-refractivity contribution < 1.29 is 44.0 Å². The van der Waals surface area contributed by atoms with Gasteiger partial charge in [-0.1, -0.05) is 6.07 Å². The molecule has 3 amide bonds. The molecule has 0 unspecified atom stereocenters. The van der Waals surface area contributed by atoms with Crippen molar-refractivity contribution in [1.29, 1.82) is 0 Å². The SMILES string of the molecule is COc1ccc2c(c1O)[C@@]13CCN(C)[C@@H](C2)[C@@]1(O)CC=C(OC(=O)N(C)CCNC(=O)[C@H](CCCN=C(N)N)CNC(=O)CC(=O)O)C3. The summed E-state index contributed by atoms with van der Waals surface area (Å²) >= 11 is 0. The molecular formula is C32H47N7O9. The monoisotopic (exact) mass is 673 g/mol. The van der Waals surface area contributed by atoms with E-state index in [-0.39, 0.29) is 56.8 Å². The maximum Gasteiger partial charge on any atom is 0.414 e. The maximum atomic E-state index is 13.2. The van der Waals surface area contributed by atoms with Crippen LogP contribution in [0.15, 0.2) is 29.0 Å². The second-order valence-electron chi connectivity index (χ2n) is 12.8. The Morgan fingerprint density at radius 3 is 2.67 bits per heavy atom. The van der Waals surface area contributed by atoms with Crippen LogP contribution in [0.5, 0.6) is 11.5 Å². The molecular weight excluding hydrogens is 626 g/mol. The zero-order valence-corrected chi connectivity index (χ0v) is 27.7. The van der Waals surface area contributed by atoms with E-state index >= 15 is 0 Å². The number of aliphatic imine (C=N–C) groups is 1. The number of aliphatic hydroxyl groups is 1. The van der Waals surface area contributed by atoms with E-state index in [2.05, 4.69) is 20.5 Å². The van der Waals surface area contributed by atoms with Gasteiger partial charge in [-0.25, -0.2) is 4.79 Å². The number of allylic oxidation sites excluding steroid dienone is 1. The van der Waals surface area contributed by atoms with Gasteiger partial charge < -0.3 is 56.7 Å². The van der Waals surface area contributed by atoms with Crippen molar-refractivity contribution in [3.63, 3.8) is 0 Å². The van der Waals surface area contributed by atoms with Crippen LogP contribution in [-0.2, 0) is 31.0 Å². The number of likely N-dealkylation sites (N-methyl/N-ethyl adjacent to an activating group) is 2. The molecule has 9 N–H and O–H groups in total. The zero-order valence-electron chi connectivity index (χ0n) is 27.7. The van der Waals surface area contributed by atoms with Crippen LogP contribution < -0.4 is 26.8 Å². The number of nitrogens with zero attached hydrogens (tertiary/aromatic N) is 3. The standard InChI is InChI=1S/C32H47N7O9/c1-38-13-10-31-17-21(8-9-32(31,46)23(38)15-19-6-7-22(47-3)27(43)26(19)31)48-30(45)39(2)14-12-35-28(44)20(5-4-11-36-29(33)34)18-37-24(40)16-25(41)42/h6-8,20,23,43,46H,4-5,9-18H2,1-3H3,(H,35,44)(H,37,40)(H,41,42)(H4,33,34,36)/t20-,23+,31+,32+/m1/s1. The molecule has 1 saturated heterocycles. The average Bonchev–Trinajstić information content (AvgIpc) is 3.02. The van der Waals surface area contributed by atoms with Crippen molar-refractivity contribution in [2.45, 2.75) is 62.0 Å². The van der Waals surface area contributed by atoms with Crippen molar-refractivity contribution in [2.75, 3.05) is 53.9 Å². The van der Waals surface area contributed by atoms with Gasteiger partial charge in [0.15, 0.2) is 17.5 Å². The van der Waals surface area contributed by atoms with E-state index in [0.29, 0.717) is 49.3 Å². The summed E-state index contributed by atoms with van der Waals surface area (Å²) in [5.41, 5.74) is 10.2. The Balaban J connectivity index is 1.38. The number of phenols is 1. The third kappa shape index (κ3) is 7.59. The summed E-state index contributed by atoms with van der Waals surface area (Å²) in [6.45, 7) is 1.06. The lowest BCUT2D eigenvalue weighted by molar-refractivity contribution is -0.146. The lowest BCUT2D eigenvalue weighted by atomic mass is 9.50. The minimum Gasteiger partial charge on any atom is -0.504 e. The number of hydrogen-bond donors (Lipinski definition) is 7. The molecule has 4 atom stereocenters. The highest BCUT2D eigenvalue weighted by atomic mass is 16.6. The van der Waals surface area contributed by atoms with Crippen LogP contribution in [0.3, 0.4) is 0 Å². The minimum absolute atomic E-state index is 0.00661. The number of nitrogens with two attached hydrogens (primary N) is 2. The first-order valence-electron chi connectivity index (χ1n) is 16.0. The fraction of sp³-hybridized carbons (Fsp3) is 0.594. The van der Waals surface area contributed by atoms with Gasteiger partial charge in [0.2, 0.25) is 11.8 Å². The molecule has 264 valence electrons. The van der Waals surface area contributed by atoms with Gasteiger partial charge >= 0.3 is 12.1 Å². The van der Waals surface area contributed by atoms with Crippen LogP contribution in [0.1, 0.15) is 49.7 Å². The number of likely N-dealkylation sites (tertiary alicyclic amines) is 1. The van der Waals surface area contributed by atoms with E-state index < -0.39 is 47.2 Å². The highest BCUT2D eigenvalue weighted by molar-refractivity contribution is 5.93. The number of guanidine groups is 1. The molecule has 1 aromatic carbocycles. The number of hydrogen-bond acceptors (Lipinski definition) is 10. The number of carboxylic acids is 1. The zero-order chi connectivity index (χ0) is 35.2. The molecule has 1 aliphatic heterocycles. The van der Waals surface area contributed by atoms with Gasteiger partial charge in [-0.15, -0.1) is 0 Å². The van der Waals surface area contributed by atoms with Crippen molar-refractivity contribution in [3.05, 3.63) is 35.1 Å². The fourth-order valence-corrected chi connectivity index (χ4v) is 7.24. The topological polar surface area (TPSA) is 242 Å². The van der Waals surface area contributed by atoms with Crippen LogP contribution in [-0.4, -0.2) is 121 Å². The quantitative estimate of drug-likeness (QED) is 0.0586. The van der Waals surface area contributed by atoms with Crippen LogP contribution in [0, 0.1) is 5.92 Å². The number of ether oxygens (including phenoxy) is 2. The molecule has 1 aromatic rings. The fourth-order valence-electron chi connectivity index (χ4n) is 7.24. The first kappa shape index (κ1) is 36.3. The van der Waals surface area contributed by atoms with Gasteiger partial charge in [0.25, 0.3) is 0 Å². The molecule has 16 heteroatoms. The van der Waals surface area contributed by atoms with Gasteiger partial charge in [-0.3, -0.25) is 19.4 Å². The third-order valence-corrected chi connectivity index (χ3v) is 9.77. The Hall–Kier alpha value is -4.57. The van der Waals surface area contributed by atoms with Crippen LogP contribution in [0.4, 0.5) is 4.79 Å². The summed E-state index contributed by atoms with van der Waals surface area (Å²) in [5.74, 6) is -2.48. The lowest BCUT2D eigenvalue weighted by Gasteiger charge is -2.62. The van der Waals surface area contributed by atoms with Crippen LogP contribution in [0.25, 0.3) is 0 Å². The number of benzene rings is 1. The van der Waals surface area contributed by atoms with Gasteiger partial charge in [0.1, 0.15) is 12.2 Å². The van der Waals surface area contributed by atoms with Gasteiger partial charge in [0, 0.05) is 63.1 Å². The summed E-state index contributed by atoms with van der Waals surface area (Å²) in [5, 5.41) is 37.6. The average molecular weight is 674 g/mol. The second kappa shape index (κ2) is 15.1. The van der Waals surface area contributed by atoms with Gasteiger partial charge in [-0.05, 0) is 57.0 Å². The number of amides is 3. The number of aliphatic carboxylic acids is 1. The molecule has 0 spiro atoms. The summed E-state index contributed by atoms with van der Waals surface area (Å²) in [7, 11) is 5.00. The number of carbonyl (C=O) groups excluding carboxylic acids is 3. The Labute approximate surface area is 279 Å². The summed E-state index contributed by atoms with van der Waals surface area (Å²) in [6.07, 6.45) is 2.66. The number of fused-ring (bicyclic) bond motifs is 1. The molecule has 0 radical (unpaired) electrons. The molecule has 2 aliphatic carbocycles. The number of aromatic hydroxyl groups is 1. The number of phenolic OH excluding ortho intramolecular Hbond substituents is 1. The molecule has 16 nitrogen and oxygen atoms in total. The van der Waals surface area contributed by atoms with E-state index in [1.54, 1.807) is 12.1 Å². The minimum atomic E-state index is -1.28. The van der Waals surface area contributed by atoms with Crippen molar-refractivity contribution in [3.8, 4) is 11.5 Å². The molecule has 2 bridgehead atoms. The van der Waals surface area contributed by atoms with E-state index in [0.717, 1.165) is 5.56 Å². The smallest absolute Gasteiger partial charge is 0.414 e. The Morgan fingerprint density at radius 2 is 1.98 bits per heavy atom. The molecule has 0 aromatic heterocycles. The van der Waals surface area contributed by atoms with Crippen LogP contribution in [0.2, 0.25) is 0 Å². The predicted octanol–water partition coefficient (Wildman–Crippen LogP) is -0.247. The Kier molecular flexibility index (Phi) is 11.4. The number of carbonyl (C=O) groups is 4. The molecule has 0 saturated carbocycles. The normalized spacial score (nSPS) is 23.3. The summed E-state index contributed by atoms with van der Waals surface area (Å²) in [4.78, 5) is 56.2.